The molecule has 0 saturated carbocycles. The summed E-state index contributed by atoms with van der Waals surface area (Å²) in [6.45, 7) is 6.10. The number of aromatic nitrogens is 1. The van der Waals surface area contributed by atoms with E-state index in [4.69, 9.17) is 21.1 Å². The first-order valence-electron chi connectivity index (χ1n) is 6.60. The van der Waals surface area contributed by atoms with Crippen molar-refractivity contribution >= 4 is 55.2 Å². The molecular formula is C14H16BrClN2O3S. The second-order valence-electron chi connectivity index (χ2n) is 5.50. The summed E-state index contributed by atoms with van der Waals surface area (Å²) in [5.74, 6) is 0.639. The molecule has 0 atom stereocenters. The molecule has 0 bridgehead atoms. The van der Waals surface area contributed by atoms with Crippen molar-refractivity contribution in [1.82, 2.24) is 10.3 Å². The second kappa shape index (κ2) is 7.02. The Morgan fingerprint density at radius 1 is 1.45 bits per heavy atom. The van der Waals surface area contributed by atoms with Gasteiger partial charge in [0, 0.05) is 6.07 Å². The molecule has 0 aliphatic rings. The Hall–Kier alpha value is -1.05. The molecule has 1 amide bonds. The molecule has 0 aliphatic carbocycles. The lowest BCUT2D eigenvalue weighted by Gasteiger charge is -2.19. The molecule has 0 spiro atoms. The number of alkyl carbamates (subject to hydrolysis) is 1. The number of hydrogen-bond donors (Lipinski definition) is 1. The number of carbonyl (C=O) groups is 1. The van der Waals surface area contributed by atoms with Crippen LogP contribution < -0.4 is 10.1 Å². The lowest BCUT2D eigenvalue weighted by Crippen LogP contribution is -2.34. The molecule has 0 saturated heterocycles. The Bertz CT molecular complexity index is 685. The summed E-state index contributed by atoms with van der Waals surface area (Å²) >= 11 is 11.0. The molecule has 1 aromatic carbocycles. The number of halogens is 2. The third-order valence-electron chi connectivity index (χ3n) is 2.43. The molecule has 0 aliphatic heterocycles. The molecular weight excluding hydrogens is 392 g/mol. The van der Waals surface area contributed by atoms with Gasteiger partial charge in [-0.15, -0.1) is 11.3 Å². The van der Waals surface area contributed by atoms with E-state index >= 15 is 0 Å². The smallest absolute Gasteiger partial charge is 0.407 e. The number of rotatable bonds is 4. The number of amides is 1. The third kappa shape index (κ3) is 5.00. The van der Waals surface area contributed by atoms with Crippen LogP contribution in [0.4, 0.5) is 4.79 Å². The van der Waals surface area contributed by atoms with E-state index in [1.54, 1.807) is 6.07 Å². The van der Waals surface area contributed by atoms with Crippen LogP contribution in [-0.4, -0.2) is 29.8 Å². The molecule has 120 valence electrons. The van der Waals surface area contributed by atoms with E-state index in [9.17, 15) is 4.79 Å². The van der Waals surface area contributed by atoms with Crippen molar-refractivity contribution in [3.8, 4) is 5.75 Å². The topological polar surface area (TPSA) is 60.5 Å². The van der Waals surface area contributed by atoms with Crippen molar-refractivity contribution in [2.75, 3.05) is 13.2 Å². The van der Waals surface area contributed by atoms with Gasteiger partial charge in [-0.25, -0.2) is 9.78 Å². The van der Waals surface area contributed by atoms with Gasteiger partial charge in [0.05, 0.1) is 16.3 Å². The van der Waals surface area contributed by atoms with E-state index < -0.39 is 11.7 Å². The van der Waals surface area contributed by atoms with E-state index in [1.807, 2.05) is 26.8 Å². The summed E-state index contributed by atoms with van der Waals surface area (Å²) in [5.41, 5.74) is 0.237. The van der Waals surface area contributed by atoms with Crippen molar-refractivity contribution in [3.05, 3.63) is 21.1 Å². The van der Waals surface area contributed by atoms with Crippen LogP contribution in [0.25, 0.3) is 10.2 Å². The molecule has 22 heavy (non-hydrogen) atoms. The van der Waals surface area contributed by atoms with Crippen molar-refractivity contribution in [2.24, 2.45) is 0 Å². The van der Waals surface area contributed by atoms with Crippen molar-refractivity contribution in [3.63, 3.8) is 0 Å². The van der Waals surface area contributed by atoms with Gasteiger partial charge in [0.1, 0.15) is 23.5 Å². The fourth-order valence-corrected chi connectivity index (χ4v) is 3.41. The maximum atomic E-state index is 11.5. The average Bonchev–Trinajstić information content (AvgIpc) is 2.74. The summed E-state index contributed by atoms with van der Waals surface area (Å²) in [6, 6.07) is 3.58. The minimum absolute atomic E-state index is 0.320. The van der Waals surface area contributed by atoms with Crippen molar-refractivity contribution in [2.45, 2.75) is 26.4 Å². The first-order chi connectivity index (χ1) is 10.2. The zero-order valence-corrected chi connectivity index (χ0v) is 15.6. The quantitative estimate of drug-likeness (QED) is 0.752. The molecule has 0 radical (unpaired) electrons. The van der Waals surface area contributed by atoms with Gasteiger partial charge in [0.2, 0.25) is 0 Å². The number of benzene rings is 1. The number of hydrogen-bond acceptors (Lipinski definition) is 5. The van der Waals surface area contributed by atoms with Gasteiger partial charge in [0.25, 0.3) is 0 Å². The van der Waals surface area contributed by atoms with Gasteiger partial charge >= 0.3 is 6.09 Å². The lowest BCUT2D eigenvalue weighted by atomic mass is 10.2. The largest absolute Gasteiger partial charge is 0.492 e. The predicted octanol–water partition coefficient (Wildman–Crippen LogP) is 4.62. The monoisotopic (exact) mass is 406 g/mol. The maximum absolute atomic E-state index is 11.5. The Labute approximate surface area is 146 Å². The Balaban J connectivity index is 1.86. The first-order valence-corrected chi connectivity index (χ1v) is 8.58. The maximum Gasteiger partial charge on any atom is 0.407 e. The lowest BCUT2D eigenvalue weighted by molar-refractivity contribution is 0.0520. The molecule has 2 aromatic rings. The zero-order valence-electron chi connectivity index (χ0n) is 12.4. The average molecular weight is 408 g/mol. The SMILES string of the molecule is CC(C)(C)OC(=O)NCCOc1cc(Cl)c2nc(Br)sc2c1. The highest BCUT2D eigenvalue weighted by atomic mass is 79.9. The van der Waals surface area contributed by atoms with Crippen LogP contribution in [0.5, 0.6) is 5.75 Å². The van der Waals surface area contributed by atoms with Crippen LogP contribution in [0, 0.1) is 0 Å². The number of fused-ring (bicyclic) bond motifs is 1. The normalized spacial score (nSPS) is 11.5. The highest BCUT2D eigenvalue weighted by molar-refractivity contribution is 9.11. The highest BCUT2D eigenvalue weighted by Crippen LogP contribution is 2.34. The number of thiazole rings is 1. The zero-order chi connectivity index (χ0) is 16.3. The van der Waals surface area contributed by atoms with Gasteiger partial charge in [0.15, 0.2) is 3.92 Å². The summed E-state index contributed by atoms with van der Waals surface area (Å²) in [4.78, 5) is 15.8. The molecule has 0 unspecified atom stereocenters. The summed E-state index contributed by atoms with van der Waals surface area (Å²) in [5, 5.41) is 3.17. The molecule has 5 nitrogen and oxygen atoms in total. The number of carbonyl (C=O) groups excluding carboxylic acids is 1. The molecule has 1 heterocycles. The Kier molecular flexibility index (Phi) is 5.52. The van der Waals surface area contributed by atoms with Crippen LogP contribution in [0.15, 0.2) is 16.0 Å². The predicted molar refractivity (Wildman–Crippen MR) is 92.1 cm³/mol. The molecule has 8 heteroatoms. The standard InChI is InChI=1S/C14H16BrClN2O3S/c1-14(2,3)21-13(19)17-4-5-20-8-6-9(16)11-10(7-8)22-12(15)18-11/h6-7H,4-5H2,1-3H3,(H,17,19). The third-order valence-corrected chi connectivity index (χ3v) is 4.18. The van der Waals surface area contributed by atoms with Gasteiger partial charge in [-0.3, -0.25) is 0 Å². The Morgan fingerprint density at radius 3 is 2.86 bits per heavy atom. The fraction of sp³-hybridized carbons (Fsp3) is 0.429. The summed E-state index contributed by atoms with van der Waals surface area (Å²) in [6.07, 6.45) is -0.462. The van der Waals surface area contributed by atoms with E-state index in [0.717, 1.165) is 14.1 Å². The van der Waals surface area contributed by atoms with E-state index in [0.29, 0.717) is 23.9 Å². The van der Waals surface area contributed by atoms with E-state index in [2.05, 4.69) is 26.2 Å². The van der Waals surface area contributed by atoms with Gasteiger partial charge < -0.3 is 14.8 Å². The van der Waals surface area contributed by atoms with E-state index in [-0.39, 0.29) is 0 Å². The minimum Gasteiger partial charge on any atom is -0.492 e. The number of ether oxygens (including phenoxy) is 2. The van der Waals surface area contributed by atoms with E-state index in [1.165, 1.54) is 11.3 Å². The van der Waals surface area contributed by atoms with Crippen LogP contribution in [-0.2, 0) is 4.74 Å². The minimum atomic E-state index is -0.511. The first kappa shape index (κ1) is 17.3. The van der Waals surface area contributed by atoms with Crippen molar-refractivity contribution in [1.29, 1.82) is 0 Å². The number of nitrogens with one attached hydrogen (secondary N) is 1. The molecule has 1 aromatic heterocycles. The van der Waals surface area contributed by atoms with Crippen LogP contribution in [0.2, 0.25) is 5.02 Å². The van der Waals surface area contributed by atoms with Crippen molar-refractivity contribution < 1.29 is 14.3 Å². The number of nitrogens with zero attached hydrogens (tertiary/aromatic N) is 1. The molecule has 0 fully saturated rings. The Morgan fingerprint density at radius 2 is 2.18 bits per heavy atom. The fourth-order valence-electron chi connectivity index (χ4n) is 1.66. The second-order valence-corrected chi connectivity index (χ2v) is 8.21. The highest BCUT2D eigenvalue weighted by Gasteiger charge is 2.15. The summed E-state index contributed by atoms with van der Waals surface area (Å²) < 4.78 is 12.4. The molecule has 1 N–H and O–H groups in total. The van der Waals surface area contributed by atoms with Gasteiger partial charge in [-0.05, 0) is 42.8 Å². The van der Waals surface area contributed by atoms with Crippen LogP contribution in [0.1, 0.15) is 20.8 Å². The summed E-state index contributed by atoms with van der Waals surface area (Å²) in [7, 11) is 0. The van der Waals surface area contributed by atoms with Crippen LogP contribution in [0.3, 0.4) is 0 Å². The van der Waals surface area contributed by atoms with Crippen LogP contribution >= 0.6 is 38.9 Å². The molecule has 2 rings (SSSR count). The van der Waals surface area contributed by atoms with Gasteiger partial charge in [-0.1, -0.05) is 11.6 Å². The van der Waals surface area contributed by atoms with Gasteiger partial charge in [-0.2, -0.15) is 0 Å².